The van der Waals surface area contributed by atoms with E-state index in [2.05, 4.69) is 10.6 Å². The highest BCUT2D eigenvalue weighted by Gasteiger charge is 2.07. The van der Waals surface area contributed by atoms with Crippen LogP contribution >= 0.6 is 0 Å². The van der Waals surface area contributed by atoms with Crippen molar-refractivity contribution in [2.75, 3.05) is 20.2 Å². The Kier molecular flexibility index (Phi) is 6.96. The fourth-order valence-electron chi connectivity index (χ4n) is 2.30. The molecule has 0 fully saturated rings. The molecule has 0 aromatic heterocycles. The first-order valence-electron chi connectivity index (χ1n) is 8.16. The van der Waals surface area contributed by atoms with Crippen LogP contribution in [0.2, 0.25) is 0 Å². The van der Waals surface area contributed by atoms with Crippen LogP contribution in [-0.4, -0.2) is 37.1 Å². The number of hydrogen-bond acceptors (Lipinski definition) is 4. The summed E-state index contributed by atoms with van der Waals surface area (Å²) in [6.45, 7) is 0.572. The van der Waals surface area contributed by atoms with Gasteiger partial charge < -0.3 is 20.5 Å². The first-order valence-corrected chi connectivity index (χ1v) is 8.16. The molecule has 2 amide bonds. The molecule has 0 radical (unpaired) electrons. The molecule has 0 spiro atoms. The Bertz CT molecular complexity index is 763. The molecule has 3 N–H and O–H groups in total. The van der Waals surface area contributed by atoms with Gasteiger partial charge in [0.05, 0.1) is 7.11 Å². The number of rotatable bonds is 8. The smallest absolute Gasteiger partial charge is 0.251 e. The van der Waals surface area contributed by atoms with E-state index in [0.29, 0.717) is 24.1 Å². The average Bonchev–Trinajstić information content (AvgIpc) is 2.64. The SMILES string of the molecule is COc1ccc(CCC(=O)NCCNC(=O)c2ccc(O)cc2)cc1F. The molecule has 0 heterocycles. The summed E-state index contributed by atoms with van der Waals surface area (Å²) in [6, 6.07) is 10.5. The fraction of sp³-hybridized carbons (Fsp3) is 0.263. The van der Waals surface area contributed by atoms with Gasteiger partial charge in [0.25, 0.3) is 5.91 Å². The number of aryl methyl sites for hydroxylation is 1. The van der Waals surface area contributed by atoms with Crippen molar-refractivity contribution < 1.29 is 23.8 Å². The number of amides is 2. The number of phenols is 1. The van der Waals surface area contributed by atoms with Gasteiger partial charge in [0.15, 0.2) is 11.6 Å². The highest BCUT2D eigenvalue weighted by molar-refractivity contribution is 5.94. The van der Waals surface area contributed by atoms with Crippen LogP contribution in [0, 0.1) is 5.82 Å². The maximum Gasteiger partial charge on any atom is 0.251 e. The largest absolute Gasteiger partial charge is 0.508 e. The van der Waals surface area contributed by atoms with Crippen LogP contribution in [0.4, 0.5) is 4.39 Å². The highest BCUT2D eigenvalue weighted by atomic mass is 19.1. The number of nitrogens with one attached hydrogen (secondary N) is 2. The first-order chi connectivity index (χ1) is 12.5. The van der Waals surface area contributed by atoms with E-state index in [1.54, 1.807) is 6.07 Å². The Morgan fingerprint density at radius 3 is 2.42 bits per heavy atom. The van der Waals surface area contributed by atoms with E-state index in [-0.39, 0.29) is 36.3 Å². The standard InChI is InChI=1S/C19H21FN2O4/c1-26-17-8-2-13(12-16(17)20)3-9-18(24)21-10-11-22-19(25)14-4-6-15(23)7-5-14/h2,4-8,12,23H,3,9-11H2,1H3,(H,21,24)(H,22,25). The quantitative estimate of drug-likeness (QED) is 0.629. The van der Waals surface area contributed by atoms with Crippen molar-refractivity contribution in [1.29, 1.82) is 0 Å². The number of methoxy groups -OCH3 is 1. The summed E-state index contributed by atoms with van der Waals surface area (Å²) in [7, 11) is 1.39. The average molecular weight is 360 g/mol. The van der Waals surface area contributed by atoms with Gasteiger partial charge in [0.1, 0.15) is 5.75 Å². The summed E-state index contributed by atoms with van der Waals surface area (Å²) in [6.07, 6.45) is 0.629. The zero-order chi connectivity index (χ0) is 18.9. The van der Waals surface area contributed by atoms with Gasteiger partial charge >= 0.3 is 0 Å². The maximum atomic E-state index is 13.6. The van der Waals surface area contributed by atoms with Crippen LogP contribution < -0.4 is 15.4 Å². The molecular weight excluding hydrogens is 339 g/mol. The molecule has 138 valence electrons. The van der Waals surface area contributed by atoms with Crippen LogP contribution in [0.3, 0.4) is 0 Å². The van der Waals surface area contributed by atoms with Crippen LogP contribution in [0.25, 0.3) is 0 Å². The van der Waals surface area contributed by atoms with E-state index in [1.807, 2.05) is 0 Å². The second-order valence-electron chi connectivity index (χ2n) is 5.62. The third-order valence-corrected chi connectivity index (χ3v) is 3.72. The first kappa shape index (κ1) is 19.2. The molecule has 2 rings (SSSR count). The molecule has 2 aromatic rings. The van der Waals surface area contributed by atoms with Gasteiger partial charge in [-0.3, -0.25) is 9.59 Å². The summed E-state index contributed by atoms with van der Waals surface area (Å²) < 4.78 is 18.4. The lowest BCUT2D eigenvalue weighted by molar-refractivity contribution is -0.121. The van der Waals surface area contributed by atoms with Crippen molar-refractivity contribution in [1.82, 2.24) is 10.6 Å². The number of benzene rings is 2. The summed E-state index contributed by atoms with van der Waals surface area (Å²) in [4.78, 5) is 23.7. The number of carbonyl (C=O) groups excluding carboxylic acids is 2. The maximum absolute atomic E-state index is 13.6. The van der Waals surface area contributed by atoms with Crippen LogP contribution in [-0.2, 0) is 11.2 Å². The van der Waals surface area contributed by atoms with Crippen molar-refractivity contribution in [3.8, 4) is 11.5 Å². The van der Waals surface area contributed by atoms with Gasteiger partial charge in [0.2, 0.25) is 5.91 Å². The van der Waals surface area contributed by atoms with E-state index >= 15 is 0 Å². The zero-order valence-electron chi connectivity index (χ0n) is 14.4. The normalized spacial score (nSPS) is 10.2. The number of halogens is 1. The predicted octanol–water partition coefficient (Wildman–Crippen LogP) is 2.02. The molecule has 0 unspecified atom stereocenters. The minimum absolute atomic E-state index is 0.0885. The molecule has 0 bridgehead atoms. The lowest BCUT2D eigenvalue weighted by Gasteiger charge is -2.08. The molecule has 0 saturated heterocycles. The van der Waals surface area contributed by atoms with E-state index in [0.717, 1.165) is 0 Å². The molecule has 0 saturated carbocycles. The van der Waals surface area contributed by atoms with E-state index in [4.69, 9.17) is 4.74 Å². The zero-order valence-corrected chi connectivity index (χ0v) is 14.4. The molecule has 0 aliphatic rings. The van der Waals surface area contributed by atoms with Crippen molar-refractivity contribution in [3.05, 3.63) is 59.4 Å². The minimum Gasteiger partial charge on any atom is -0.508 e. The van der Waals surface area contributed by atoms with Gasteiger partial charge in [-0.15, -0.1) is 0 Å². The molecule has 2 aromatic carbocycles. The third-order valence-electron chi connectivity index (χ3n) is 3.72. The molecule has 26 heavy (non-hydrogen) atoms. The predicted molar refractivity (Wildman–Crippen MR) is 94.7 cm³/mol. The number of hydrogen-bond donors (Lipinski definition) is 3. The van der Waals surface area contributed by atoms with Gasteiger partial charge in [-0.05, 0) is 48.4 Å². The molecule has 7 heteroatoms. The number of ether oxygens (including phenoxy) is 1. The lowest BCUT2D eigenvalue weighted by Crippen LogP contribution is -2.34. The van der Waals surface area contributed by atoms with Crippen LogP contribution in [0.1, 0.15) is 22.3 Å². The molecular formula is C19H21FN2O4. The molecule has 0 aliphatic carbocycles. The molecule has 0 atom stereocenters. The summed E-state index contributed by atoms with van der Waals surface area (Å²) in [5, 5.41) is 14.5. The Morgan fingerprint density at radius 1 is 1.08 bits per heavy atom. The fourth-order valence-corrected chi connectivity index (χ4v) is 2.30. The van der Waals surface area contributed by atoms with Gasteiger partial charge in [-0.1, -0.05) is 6.07 Å². The Labute approximate surface area is 151 Å². The van der Waals surface area contributed by atoms with Crippen molar-refractivity contribution >= 4 is 11.8 Å². The van der Waals surface area contributed by atoms with Gasteiger partial charge in [-0.25, -0.2) is 4.39 Å². The number of aromatic hydroxyl groups is 1. The van der Waals surface area contributed by atoms with Crippen molar-refractivity contribution in [2.45, 2.75) is 12.8 Å². The third kappa shape index (κ3) is 5.77. The van der Waals surface area contributed by atoms with Gasteiger partial charge in [0, 0.05) is 25.1 Å². The topological polar surface area (TPSA) is 87.7 Å². The molecule has 0 aliphatic heterocycles. The summed E-state index contributed by atoms with van der Waals surface area (Å²) in [5.41, 5.74) is 1.13. The van der Waals surface area contributed by atoms with Gasteiger partial charge in [-0.2, -0.15) is 0 Å². The lowest BCUT2D eigenvalue weighted by atomic mass is 10.1. The van der Waals surface area contributed by atoms with E-state index < -0.39 is 5.82 Å². The minimum atomic E-state index is -0.456. The van der Waals surface area contributed by atoms with E-state index in [9.17, 15) is 19.1 Å². The Balaban J connectivity index is 1.66. The number of phenolic OH excluding ortho intramolecular Hbond substituents is 1. The highest BCUT2D eigenvalue weighted by Crippen LogP contribution is 2.18. The summed E-state index contributed by atoms with van der Waals surface area (Å²) in [5.74, 6) is -0.663. The van der Waals surface area contributed by atoms with Crippen LogP contribution in [0.5, 0.6) is 11.5 Å². The monoisotopic (exact) mass is 360 g/mol. The Hall–Kier alpha value is -3.09. The molecule has 6 nitrogen and oxygen atoms in total. The summed E-state index contributed by atoms with van der Waals surface area (Å²) >= 11 is 0. The van der Waals surface area contributed by atoms with Crippen molar-refractivity contribution in [2.24, 2.45) is 0 Å². The number of carbonyl (C=O) groups is 2. The second-order valence-corrected chi connectivity index (χ2v) is 5.62. The van der Waals surface area contributed by atoms with Crippen LogP contribution in [0.15, 0.2) is 42.5 Å². The second kappa shape index (κ2) is 9.41. The Morgan fingerprint density at radius 2 is 1.77 bits per heavy atom. The van der Waals surface area contributed by atoms with Crippen molar-refractivity contribution in [3.63, 3.8) is 0 Å². The van der Waals surface area contributed by atoms with E-state index in [1.165, 1.54) is 43.5 Å².